The van der Waals surface area contributed by atoms with Crippen molar-refractivity contribution in [2.75, 3.05) is 6.54 Å². The molecule has 17 heavy (non-hydrogen) atoms. The van der Waals surface area contributed by atoms with Gasteiger partial charge in [0.05, 0.1) is 5.52 Å². The van der Waals surface area contributed by atoms with Gasteiger partial charge in [-0.1, -0.05) is 0 Å². The van der Waals surface area contributed by atoms with E-state index < -0.39 is 11.6 Å². The zero-order chi connectivity index (χ0) is 11.8. The maximum absolute atomic E-state index is 13.4. The van der Waals surface area contributed by atoms with Gasteiger partial charge < -0.3 is 10.3 Å². The van der Waals surface area contributed by atoms with Crippen LogP contribution in [0.15, 0.2) is 12.1 Å². The molecule has 0 spiro atoms. The van der Waals surface area contributed by atoms with Gasteiger partial charge in [0.1, 0.15) is 11.3 Å². The molecule has 0 radical (unpaired) electrons. The van der Waals surface area contributed by atoms with E-state index in [1.54, 1.807) is 0 Å². The van der Waals surface area contributed by atoms with Crippen molar-refractivity contribution in [2.45, 2.75) is 25.3 Å². The fourth-order valence-electron chi connectivity index (χ4n) is 1.87. The second-order valence-corrected chi connectivity index (χ2v) is 4.42. The molecule has 1 aromatic heterocycles. The van der Waals surface area contributed by atoms with Crippen molar-refractivity contribution in [3.63, 3.8) is 0 Å². The quantitative estimate of drug-likeness (QED) is 0.855. The van der Waals surface area contributed by atoms with E-state index in [-0.39, 0.29) is 5.52 Å². The Labute approximate surface area is 97.2 Å². The van der Waals surface area contributed by atoms with Crippen molar-refractivity contribution in [2.24, 2.45) is 0 Å². The minimum absolute atomic E-state index is 0.0893. The third-order valence-electron chi connectivity index (χ3n) is 2.97. The van der Waals surface area contributed by atoms with E-state index in [4.69, 9.17) is 0 Å². The number of nitrogens with one attached hydrogen (secondary N) is 2. The predicted octanol–water partition coefficient (Wildman–Crippen LogP) is 2.14. The van der Waals surface area contributed by atoms with Gasteiger partial charge in [-0.15, -0.1) is 0 Å². The molecule has 1 heterocycles. The lowest BCUT2D eigenvalue weighted by Crippen LogP contribution is -2.19. The molecule has 90 valence electrons. The number of benzene rings is 1. The zero-order valence-electron chi connectivity index (χ0n) is 9.26. The lowest BCUT2D eigenvalue weighted by Gasteiger charge is -1.98. The highest BCUT2D eigenvalue weighted by molar-refractivity contribution is 5.75. The Morgan fingerprint density at radius 3 is 2.94 bits per heavy atom. The number of rotatable bonds is 4. The fraction of sp³-hybridized carbons (Fsp3) is 0.417. The van der Waals surface area contributed by atoms with Gasteiger partial charge in [0.2, 0.25) is 0 Å². The van der Waals surface area contributed by atoms with E-state index in [1.165, 1.54) is 18.9 Å². The Morgan fingerprint density at radius 2 is 2.18 bits per heavy atom. The standard InChI is InChI=1S/C12H13F2N3/c13-8-3-4-9-12(11(8)14)17-10(16-9)5-6-15-7-1-2-7/h3-4,7,15H,1-2,5-6H2,(H,16,17). The van der Waals surface area contributed by atoms with E-state index in [0.717, 1.165) is 12.6 Å². The van der Waals surface area contributed by atoms with Crippen LogP contribution >= 0.6 is 0 Å². The van der Waals surface area contributed by atoms with Crippen LogP contribution in [0.5, 0.6) is 0 Å². The maximum atomic E-state index is 13.4. The van der Waals surface area contributed by atoms with Crippen LogP contribution in [0.1, 0.15) is 18.7 Å². The first-order valence-electron chi connectivity index (χ1n) is 5.80. The lowest BCUT2D eigenvalue weighted by atomic mass is 10.3. The van der Waals surface area contributed by atoms with Crippen LogP contribution in [0.25, 0.3) is 11.0 Å². The summed E-state index contributed by atoms with van der Waals surface area (Å²) in [6.45, 7) is 0.814. The summed E-state index contributed by atoms with van der Waals surface area (Å²) in [6.07, 6.45) is 3.17. The maximum Gasteiger partial charge on any atom is 0.186 e. The van der Waals surface area contributed by atoms with Gasteiger partial charge in [-0.2, -0.15) is 0 Å². The van der Waals surface area contributed by atoms with Crippen LogP contribution in [0.4, 0.5) is 8.78 Å². The van der Waals surface area contributed by atoms with Crippen LogP contribution in [0, 0.1) is 11.6 Å². The molecule has 0 bridgehead atoms. The van der Waals surface area contributed by atoms with Crippen molar-refractivity contribution in [1.82, 2.24) is 15.3 Å². The normalized spacial score (nSPS) is 15.6. The minimum Gasteiger partial charge on any atom is -0.342 e. The lowest BCUT2D eigenvalue weighted by molar-refractivity contribution is 0.515. The monoisotopic (exact) mass is 237 g/mol. The van der Waals surface area contributed by atoms with Crippen LogP contribution in [-0.2, 0) is 6.42 Å². The van der Waals surface area contributed by atoms with Crippen LogP contribution < -0.4 is 5.32 Å². The predicted molar refractivity (Wildman–Crippen MR) is 60.7 cm³/mol. The van der Waals surface area contributed by atoms with Crippen molar-refractivity contribution in [1.29, 1.82) is 0 Å². The summed E-state index contributed by atoms with van der Waals surface area (Å²) in [5, 5.41) is 3.35. The van der Waals surface area contributed by atoms with Gasteiger partial charge in [-0.25, -0.2) is 13.8 Å². The molecule has 1 aromatic carbocycles. The number of halogens is 2. The van der Waals surface area contributed by atoms with Crippen molar-refractivity contribution < 1.29 is 8.78 Å². The Morgan fingerprint density at radius 1 is 1.35 bits per heavy atom. The largest absolute Gasteiger partial charge is 0.342 e. The molecule has 0 aliphatic heterocycles. The third-order valence-corrected chi connectivity index (χ3v) is 2.97. The van der Waals surface area contributed by atoms with Gasteiger partial charge in [-0.05, 0) is 25.0 Å². The van der Waals surface area contributed by atoms with E-state index in [1.807, 2.05) is 0 Å². The molecule has 0 saturated heterocycles. The minimum atomic E-state index is -0.875. The summed E-state index contributed by atoms with van der Waals surface area (Å²) in [6, 6.07) is 3.27. The number of nitrogens with zero attached hydrogens (tertiary/aromatic N) is 1. The summed E-state index contributed by atoms with van der Waals surface area (Å²) in [5.41, 5.74) is 0.636. The molecule has 1 aliphatic carbocycles. The average Bonchev–Trinajstić information content (AvgIpc) is 3.03. The summed E-state index contributed by atoms with van der Waals surface area (Å²) >= 11 is 0. The first-order valence-corrected chi connectivity index (χ1v) is 5.80. The Kier molecular flexibility index (Phi) is 2.55. The second kappa shape index (κ2) is 4.07. The smallest absolute Gasteiger partial charge is 0.186 e. The summed E-state index contributed by atoms with van der Waals surface area (Å²) in [4.78, 5) is 7.08. The number of hydrogen-bond donors (Lipinski definition) is 2. The molecular formula is C12H13F2N3. The molecule has 1 saturated carbocycles. The molecule has 1 aliphatic rings. The highest BCUT2D eigenvalue weighted by Crippen LogP contribution is 2.19. The van der Waals surface area contributed by atoms with Crippen molar-refractivity contribution in [3.05, 3.63) is 29.6 Å². The molecule has 5 heteroatoms. The van der Waals surface area contributed by atoms with Crippen LogP contribution in [-0.4, -0.2) is 22.6 Å². The summed E-state index contributed by atoms with van der Waals surface area (Å²) < 4.78 is 26.4. The number of hydrogen-bond acceptors (Lipinski definition) is 2. The van der Waals surface area contributed by atoms with Gasteiger partial charge in [0.15, 0.2) is 11.6 Å². The molecule has 0 amide bonds. The Hall–Kier alpha value is -1.49. The highest BCUT2D eigenvalue weighted by atomic mass is 19.2. The fourth-order valence-corrected chi connectivity index (χ4v) is 1.87. The first kappa shape index (κ1) is 10.7. The topological polar surface area (TPSA) is 40.7 Å². The van der Waals surface area contributed by atoms with Gasteiger partial charge in [0, 0.05) is 19.0 Å². The molecule has 2 N–H and O–H groups in total. The van der Waals surface area contributed by atoms with Gasteiger partial charge in [-0.3, -0.25) is 0 Å². The molecule has 3 nitrogen and oxygen atoms in total. The Bertz CT molecular complexity index is 546. The molecule has 1 fully saturated rings. The van der Waals surface area contributed by atoms with Crippen LogP contribution in [0.2, 0.25) is 0 Å². The van der Waals surface area contributed by atoms with E-state index >= 15 is 0 Å². The number of aromatic amines is 1. The van der Waals surface area contributed by atoms with Crippen molar-refractivity contribution >= 4 is 11.0 Å². The Balaban J connectivity index is 1.78. The van der Waals surface area contributed by atoms with Crippen molar-refractivity contribution in [3.8, 4) is 0 Å². The highest BCUT2D eigenvalue weighted by Gasteiger charge is 2.20. The third kappa shape index (κ3) is 2.15. The van der Waals surface area contributed by atoms with E-state index in [0.29, 0.717) is 23.8 Å². The number of H-pyrrole nitrogens is 1. The molecule has 3 rings (SSSR count). The summed E-state index contributed by atoms with van der Waals surface area (Å²) in [5.74, 6) is -1.04. The number of aromatic nitrogens is 2. The molecule has 0 unspecified atom stereocenters. The molecular weight excluding hydrogens is 224 g/mol. The van der Waals surface area contributed by atoms with Gasteiger partial charge >= 0.3 is 0 Å². The van der Waals surface area contributed by atoms with Gasteiger partial charge in [0.25, 0.3) is 0 Å². The zero-order valence-corrected chi connectivity index (χ0v) is 9.26. The van der Waals surface area contributed by atoms with Crippen LogP contribution in [0.3, 0.4) is 0 Å². The van der Waals surface area contributed by atoms with E-state index in [2.05, 4.69) is 15.3 Å². The number of imidazole rings is 1. The second-order valence-electron chi connectivity index (χ2n) is 4.42. The average molecular weight is 237 g/mol. The number of fused-ring (bicyclic) bond motifs is 1. The molecule has 0 atom stereocenters. The van der Waals surface area contributed by atoms with E-state index in [9.17, 15) is 8.78 Å². The summed E-state index contributed by atoms with van der Waals surface area (Å²) in [7, 11) is 0. The molecule has 2 aromatic rings. The SMILES string of the molecule is Fc1ccc2[nH]c(CCNC3CC3)nc2c1F. The first-order chi connectivity index (χ1) is 8.24.